The zero-order valence-corrected chi connectivity index (χ0v) is 7.66. The van der Waals surface area contributed by atoms with E-state index >= 15 is 0 Å². The molecule has 72 valence electrons. The van der Waals surface area contributed by atoms with Gasteiger partial charge in [0.1, 0.15) is 0 Å². The maximum absolute atomic E-state index is 11.3. The molecule has 1 fully saturated rings. The van der Waals surface area contributed by atoms with E-state index < -0.39 is 5.97 Å². The summed E-state index contributed by atoms with van der Waals surface area (Å²) in [4.78, 5) is 23.4. The van der Waals surface area contributed by atoms with Crippen LogP contribution < -0.4 is 0 Å². The number of esters is 1. The molecule has 1 amide bonds. The second kappa shape index (κ2) is 4.64. The van der Waals surface area contributed by atoms with E-state index in [1.165, 1.54) is 13.0 Å². The fourth-order valence-corrected chi connectivity index (χ4v) is 1.23. The van der Waals surface area contributed by atoms with E-state index in [9.17, 15) is 9.59 Å². The van der Waals surface area contributed by atoms with E-state index in [2.05, 4.69) is 4.74 Å². The molecule has 0 radical (unpaired) electrons. The number of ether oxygens (including phenoxy) is 1. The molecule has 0 bridgehead atoms. The molecule has 1 saturated heterocycles. The summed E-state index contributed by atoms with van der Waals surface area (Å²) >= 11 is 0. The minimum Gasteiger partial charge on any atom is -0.434 e. The summed E-state index contributed by atoms with van der Waals surface area (Å²) in [7, 11) is 0. The predicted molar refractivity (Wildman–Crippen MR) is 46.7 cm³/mol. The average Bonchev–Trinajstić information content (AvgIpc) is 2.55. The molecule has 0 saturated carbocycles. The van der Waals surface area contributed by atoms with Crippen molar-refractivity contribution >= 4 is 11.9 Å². The highest BCUT2D eigenvalue weighted by Gasteiger charge is 2.14. The van der Waals surface area contributed by atoms with Crippen LogP contribution in [0.25, 0.3) is 0 Å². The zero-order chi connectivity index (χ0) is 9.68. The number of nitrogens with zero attached hydrogens (tertiary/aromatic N) is 1. The van der Waals surface area contributed by atoms with Crippen LogP contribution in [0.3, 0.4) is 0 Å². The molecule has 0 N–H and O–H groups in total. The smallest absolute Gasteiger partial charge is 0.307 e. The largest absolute Gasteiger partial charge is 0.434 e. The third-order valence-electron chi connectivity index (χ3n) is 1.86. The first-order chi connectivity index (χ1) is 6.20. The SMILES string of the molecule is CC(=O)O/C=C\C(=O)N1CCCC1. The Morgan fingerprint density at radius 1 is 1.31 bits per heavy atom. The van der Waals surface area contributed by atoms with E-state index in [1.54, 1.807) is 4.90 Å². The summed E-state index contributed by atoms with van der Waals surface area (Å²) in [6, 6.07) is 0. The van der Waals surface area contributed by atoms with Gasteiger partial charge in [-0.2, -0.15) is 0 Å². The van der Waals surface area contributed by atoms with Crippen molar-refractivity contribution < 1.29 is 14.3 Å². The van der Waals surface area contributed by atoms with Gasteiger partial charge in [0.05, 0.1) is 6.26 Å². The lowest BCUT2D eigenvalue weighted by molar-refractivity contribution is -0.135. The van der Waals surface area contributed by atoms with Crippen molar-refractivity contribution in [2.45, 2.75) is 19.8 Å². The first-order valence-corrected chi connectivity index (χ1v) is 4.33. The van der Waals surface area contributed by atoms with Crippen LogP contribution in [0.15, 0.2) is 12.3 Å². The Balaban J connectivity index is 2.31. The van der Waals surface area contributed by atoms with Gasteiger partial charge in [-0.3, -0.25) is 9.59 Å². The van der Waals surface area contributed by atoms with Gasteiger partial charge in [0, 0.05) is 26.1 Å². The molecule has 13 heavy (non-hydrogen) atoms. The normalized spacial score (nSPS) is 16.5. The lowest BCUT2D eigenvalue weighted by atomic mass is 10.4. The lowest BCUT2D eigenvalue weighted by Crippen LogP contribution is -2.25. The van der Waals surface area contributed by atoms with Crippen LogP contribution in [0.5, 0.6) is 0 Å². The van der Waals surface area contributed by atoms with Crippen LogP contribution in [-0.4, -0.2) is 29.9 Å². The summed E-state index contributed by atoms with van der Waals surface area (Å²) < 4.78 is 4.51. The molecule has 0 aliphatic carbocycles. The van der Waals surface area contributed by atoms with E-state index in [1.807, 2.05) is 0 Å². The fraction of sp³-hybridized carbons (Fsp3) is 0.556. The maximum Gasteiger partial charge on any atom is 0.307 e. The maximum atomic E-state index is 11.3. The monoisotopic (exact) mass is 183 g/mol. The molecule has 4 heteroatoms. The lowest BCUT2D eigenvalue weighted by Gasteiger charge is -2.11. The minimum atomic E-state index is -0.412. The van der Waals surface area contributed by atoms with Crippen molar-refractivity contribution in [3.63, 3.8) is 0 Å². The summed E-state index contributed by atoms with van der Waals surface area (Å²) in [5.74, 6) is -0.496. The molecule has 1 aliphatic rings. The van der Waals surface area contributed by atoms with Crippen LogP contribution in [0, 0.1) is 0 Å². The topological polar surface area (TPSA) is 46.6 Å². The molecule has 1 aliphatic heterocycles. The molecule has 0 spiro atoms. The van der Waals surface area contributed by atoms with E-state index in [4.69, 9.17) is 0 Å². The second-order valence-electron chi connectivity index (χ2n) is 2.94. The molecule has 1 rings (SSSR count). The van der Waals surface area contributed by atoms with Gasteiger partial charge in [-0.1, -0.05) is 0 Å². The summed E-state index contributed by atoms with van der Waals surface area (Å²) in [5.41, 5.74) is 0. The summed E-state index contributed by atoms with van der Waals surface area (Å²) in [6.45, 7) is 2.91. The van der Waals surface area contributed by atoms with Crippen LogP contribution in [-0.2, 0) is 14.3 Å². The van der Waals surface area contributed by atoms with Crippen molar-refractivity contribution in [1.29, 1.82) is 0 Å². The number of hydrogen-bond acceptors (Lipinski definition) is 3. The van der Waals surface area contributed by atoms with Crippen molar-refractivity contribution in [1.82, 2.24) is 4.90 Å². The van der Waals surface area contributed by atoms with Gasteiger partial charge in [0.25, 0.3) is 0 Å². The Bertz CT molecular complexity index is 229. The molecule has 0 aromatic carbocycles. The van der Waals surface area contributed by atoms with E-state index in [0.717, 1.165) is 32.2 Å². The van der Waals surface area contributed by atoms with Crippen LogP contribution >= 0.6 is 0 Å². The quantitative estimate of drug-likeness (QED) is 0.359. The zero-order valence-electron chi connectivity index (χ0n) is 7.66. The van der Waals surface area contributed by atoms with Gasteiger partial charge < -0.3 is 9.64 Å². The predicted octanol–water partition coefficient (Wildman–Crippen LogP) is 0.686. The third kappa shape index (κ3) is 3.27. The number of amides is 1. The van der Waals surface area contributed by atoms with Crippen LogP contribution in [0.1, 0.15) is 19.8 Å². The van der Waals surface area contributed by atoms with Crippen LogP contribution in [0.2, 0.25) is 0 Å². The summed E-state index contributed by atoms with van der Waals surface area (Å²) in [6.07, 6.45) is 4.55. The van der Waals surface area contributed by atoms with Crippen molar-refractivity contribution in [3.8, 4) is 0 Å². The Labute approximate surface area is 77.2 Å². The van der Waals surface area contributed by atoms with Gasteiger partial charge in [-0.15, -0.1) is 0 Å². The van der Waals surface area contributed by atoms with Gasteiger partial charge in [0.2, 0.25) is 5.91 Å². The highest BCUT2D eigenvalue weighted by Crippen LogP contribution is 2.07. The van der Waals surface area contributed by atoms with E-state index in [-0.39, 0.29) is 5.91 Å². The molecular weight excluding hydrogens is 170 g/mol. The van der Waals surface area contributed by atoms with Crippen LogP contribution in [0.4, 0.5) is 0 Å². The Morgan fingerprint density at radius 3 is 2.46 bits per heavy atom. The number of rotatable bonds is 2. The second-order valence-corrected chi connectivity index (χ2v) is 2.94. The molecule has 0 atom stereocenters. The molecule has 0 aromatic rings. The third-order valence-corrected chi connectivity index (χ3v) is 1.86. The Morgan fingerprint density at radius 2 is 1.92 bits per heavy atom. The average molecular weight is 183 g/mol. The Hall–Kier alpha value is -1.32. The van der Waals surface area contributed by atoms with Crippen molar-refractivity contribution in [2.75, 3.05) is 13.1 Å². The minimum absolute atomic E-state index is 0.0845. The molecule has 1 heterocycles. The highest BCUT2D eigenvalue weighted by molar-refractivity contribution is 5.87. The fourth-order valence-electron chi connectivity index (χ4n) is 1.23. The van der Waals surface area contributed by atoms with Gasteiger partial charge in [-0.05, 0) is 12.8 Å². The molecule has 4 nitrogen and oxygen atoms in total. The first kappa shape index (κ1) is 9.77. The van der Waals surface area contributed by atoms with Crippen molar-refractivity contribution in [3.05, 3.63) is 12.3 Å². The molecule has 0 aromatic heterocycles. The number of hydrogen-bond donors (Lipinski definition) is 0. The highest BCUT2D eigenvalue weighted by atomic mass is 16.5. The molecule has 0 unspecified atom stereocenters. The van der Waals surface area contributed by atoms with Gasteiger partial charge in [0.15, 0.2) is 0 Å². The Kier molecular flexibility index (Phi) is 3.49. The van der Waals surface area contributed by atoms with E-state index in [0.29, 0.717) is 0 Å². The van der Waals surface area contributed by atoms with Gasteiger partial charge >= 0.3 is 5.97 Å². The van der Waals surface area contributed by atoms with Crippen molar-refractivity contribution in [2.24, 2.45) is 0 Å². The summed E-state index contributed by atoms with van der Waals surface area (Å²) in [5, 5.41) is 0. The van der Waals surface area contributed by atoms with Gasteiger partial charge in [-0.25, -0.2) is 0 Å². The number of carbonyl (C=O) groups is 2. The number of likely N-dealkylation sites (tertiary alicyclic amines) is 1. The molecular formula is C9H13NO3. The standard InChI is InChI=1S/C9H13NO3/c1-8(11)13-7-4-9(12)10-5-2-3-6-10/h4,7H,2-3,5-6H2,1H3/b7-4-. The first-order valence-electron chi connectivity index (χ1n) is 4.33. The number of carbonyl (C=O) groups excluding carboxylic acids is 2.